The van der Waals surface area contributed by atoms with Gasteiger partial charge in [-0.3, -0.25) is 4.79 Å². The molecule has 0 atom stereocenters. The average Bonchev–Trinajstić information content (AvgIpc) is 3.05. The van der Waals surface area contributed by atoms with Crippen LogP contribution in [0.1, 0.15) is 22.5 Å². The van der Waals surface area contributed by atoms with Crippen LogP contribution in [0.15, 0.2) is 54.6 Å². The van der Waals surface area contributed by atoms with Gasteiger partial charge in [-0.2, -0.15) is 5.10 Å². The first-order chi connectivity index (χ1) is 14.4. The third-order valence-corrected chi connectivity index (χ3v) is 5.04. The number of hydrogen-bond donors (Lipinski definition) is 0. The van der Waals surface area contributed by atoms with Gasteiger partial charge in [-0.15, -0.1) is 0 Å². The Kier molecular flexibility index (Phi) is 6.57. The van der Waals surface area contributed by atoms with Crippen molar-refractivity contribution >= 4 is 12.0 Å². The lowest BCUT2D eigenvalue weighted by Crippen LogP contribution is -2.24. The van der Waals surface area contributed by atoms with Crippen molar-refractivity contribution in [2.24, 2.45) is 0 Å². The number of aryl methyl sites for hydroxylation is 1. The lowest BCUT2D eigenvalue weighted by molar-refractivity contribution is -0.125. The van der Waals surface area contributed by atoms with Crippen LogP contribution < -0.4 is 9.47 Å². The van der Waals surface area contributed by atoms with Crippen LogP contribution in [0.4, 0.5) is 0 Å². The fourth-order valence-corrected chi connectivity index (χ4v) is 3.29. The van der Waals surface area contributed by atoms with Gasteiger partial charge in [-0.25, -0.2) is 4.68 Å². The molecule has 6 heteroatoms. The summed E-state index contributed by atoms with van der Waals surface area (Å²) in [7, 11) is 4.97. The summed E-state index contributed by atoms with van der Waals surface area (Å²) >= 11 is 0. The number of benzene rings is 2. The summed E-state index contributed by atoms with van der Waals surface area (Å²) in [5, 5.41) is 4.66. The molecule has 0 saturated heterocycles. The molecule has 3 rings (SSSR count). The Morgan fingerprint density at radius 3 is 2.43 bits per heavy atom. The predicted molar refractivity (Wildman–Crippen MR) is 118 cm³/mol. The van der Waals surface area contributed by atoms with E-state index in [2.05, 4.69) is 5.10 Å². The Hall–Kier alpha value is -3.54. The summed E-state index contributed by atoms with van der Waals surface area (Å²) in [5.74, 6) is 1.19. The van der Waals surface area contributed by atoms with E-state index in [0.717, 1.165) is 28.2 Å². The molecular weight excluding hydrogens is 378 g/mol. The van der Waals surface area contributed by atoms with E-state index in [1.165, 1.54) is 0 Å². The van der Waals surface area contributed by atoms with Crippen molar-refractivity contribution in [1.82, 2.24) is 14.7 Å². The van der Waals surface area contributed by atoms with Crippen molar-refractivity contribution in [1.29, 1.82) is 0 Å². The number of aromatic nitrogens is 2. The second-order valence-electron chi connectivity index (χ2n) is 7.04. The third-order valence-electron chi connectivity index (χ3n) is 5.04. The number of likely N-dealkylation sites (N-methyl/N-ethyl adjacent to an activating group) is 1. The van der Waals surface area contributed by atoms with Crippen LogP contribution in [0.5, 0.6) is 11.5 Å². The molecule has 1 amide bonds. The highest BCUT2D eigenvalue weighted by Crippen LogP contribution is 2.28. The highest BCUT2D eigenvalue weighted by atomic mass is 16.5. The van der Waals surface area contributed by atoms with Crippen molar-refractivity contribution < 1.29 is 14.3 Å². The van der Waals surface area contributed by atoms with E-state index in [1.54, 1.807) is 38.3 Å². The van der Waals surface area contributed by atoms with Gasteiger partial charge >= 0.3 is 0 Å². The monoisotopic (exact) mass is 405 g/mol. The molecule has 0 unspecified atom stereocenters. The summed E-state index contributed by atoms with van der Waals surface area (Å²) in [5.41, 5.74) is 4.86. The maximum Gasteiger partial charge on any atom is 0.246 e. The van der Waals surface area contributed by atoms with Crippen LogP contribution >= 0.6 is 0 Å². The molecule has 0 aliphatic heterocycles. The van der Waals surface area contributed by atoms with Gasteiger partial charge in [0.05, 0.1) is 25.6 Å². The summed E-state index contributed by atoms with van der Waals surface area (Å²) in [6.07, 6.45) is 3.33. The molecule has 30 heavy (non-hydrogen) atoms. The molecule has 1 aromatic heterocycles. The van der Waals surface area contributed by atoms with Crippen molar-refractivity contribution in [2.45, 2.75) is 20.4 Å². The molecule has 0 radical (unpaired) electrons. The summed E-state index contributed by atoms with van der Waals surface area (Å²) in [6.45, 7) is 4.49. The van der Waals surface area contributed by atoms with E-state index in [4.69, 9.17) is 9.47 Å². The lowest BCUT2D eigenvalue weighted by atomic mass is 10.1. The number of carbonyl (C=O) groups excluding carboxylic acids is 1. The Bertz CT molecular complexity index is 1060. The SMILES string of the molecule is COc1ccc(/C=C/C(=O)N(C)Cc2c(C)nn(-c3ccccc3)c2C)cc1OC. The lowest BCUT2D eigenvalue weighted by Gasteiger charge is -2.15. The number of carbonyl (C=O) groups is 1. The van der Waals surface area contributed by atoms with Gasteiger partial charge < -0.3 is 14.4 Å². The van der Waals surface area contributed by atoms with E-state index in [0.29, 0.717) is 18.0 Å². The number of rotatable bonds is 7. The van der Waals surface area contributed by atoms with E-state index < -0.39 is 0 Å². The number of para-hydroxylation sites is 1. The Morgan fingerprint density at radius 2 is 1.77 bits per heavy atom. The molecule has 0 aliphatic carbocycles. The maximum absolute atomic E-state index is 12.7. The van der Waals surface area contributed by atoms with Gasteiger partial charge in [-0.1, -0.05) is 24.3 Å². The second kappa shape index (κ2) is 9.31. The van der Waals surface area contributed by atoms with Crippen LogP contribution in [-0.2, 0) is 11.3 Å². The first kappa shape index (κ1) is 21.2. The minimum Gasteiger partial charge on any atom is -0.493 e. The van der Waals surface area contributed by atoms with Gasteiger partial charge in [-0.05, 0) is 49.8 Å². The largest absolute Gasteiger partial charge is 0.493 e. The minimum absolute atomic E-state index is 0.0870. The van der Waals surface area contributed by atoms with Crippen molar-refractivity contribution in [2.75, 3.05) is 21.3 Å². The molecule has 0 N–H and O–H groups in total. The van der Waals surface area contributed by atoms with Gasteiger partial charge in [0, 0.05) is 30.9 Å². The van der Waals surface area contributed by atoms with Crippen LogP contribution in [0, 0.1) is 13.8 Å². The third kappa shape index (κ3) is 4.54. The Labute approximate surface area is 177 Å². The van der Waals surface area contributed by atoms with Crippen molar-refractivity contribution in [3.63, 3.8) is 0 Å². The molecule has 156 valence electrons. The molecule has 0 bridgehead atoms. The molecular formula is C24H27N3O3. The van der Waals surface area contributed by atoms with Crippen LogP contribution in [-0.4, -0.2) is 41.9 Å². The highest BCUT2D eigenvalue weighted by Gasteiger charge is 2.16. The van der Waals surface area contributed by atoms with E-state index in [9.17, 15) is 4.79 Å². The summed E-state index contributed by atoms with van der Waals surface area (Å²) < 4.78 is 12.5. The van der Waals surface area contributed by atoms with Crippen molar-refractivity contribution in [3.8, 4) is 17.2 Å². The molecule has 0 spiro atoms. The van der Waals surface area contributed by atoms with Gasteiger partial charge in [0.15, 0.2) is 11.5 Å². The van der Waals surface area contributed by atoms with Gasteiger partial charge in [0.25, 0.3) is 0 Å². The molecule has 2 aromatic carbocycles. The summed E-state index contributed by atoms with van der Waals surface area (Å²) in [6, 6.07) is 15.5. The first-order valence-electron chi connectivity index (χ1n) is 9.70. The van der Waals surface area contributed by atoms with Crippen molar-refractivity contribution in [3.05, 3.63) is 77.1 Å². The zero-order chi connectivity index (χ0) is 21.7. The second-order valence-corrected chi connectivity index (χ2v) is 7.04. The number of methoxy groups -OCH3 is 2. The molecule has 1 heterocycles. The maximum atomic E-state index is 12.7. The zero-order valence-electron chi connectivity index (χ0n) is 18.0. The topological polar surface area (TPSA) is 56.6 Å². The standard InChI is InChI=1S/C24H27N3O3/c1-17-21(18(2)27(25-17)20-9-7-6-8-10-20)16-26(3)24(28)14-12-19-11-13-22(29-4)23(15-19)30-5/h6-15H,16H2,1-5H3/b14-12+. The van der Waals surface area contributed by atoms with Gasteiger partial charge in [0.2, 0.25) is 5.91 Å². The molecule has 6 nitrogen and oxygen atoms in total. The fourth-order valence-electron chi connectivity index (χ4n) is 3.29. The van der Waals surface area contributed by atoms with Gasteiger partial charge in [0.1, 0.15) is 0 Å². The molecule has 0 saturated carbocycles. The highest BCUT2D eigenvalue weighted by molar-refractivity contribution is 5.91. The van der Waals surface area contributed by atoms with Crippen LogP contribution in [0.3, 0.4) is 0 Å². The summed E-state index contributed by atoms with van der Waals surface area (Å²) in [4.78, 5) is 14.3. The molecule has 3 aromatic rings. The smallest absolute Gasteiger partial charge is 0.246 e. The van der Waals surface area contributed by atoms with Crippen LogP contribution in [0.2, 0.25) is 0 Å². The van der Waals surface area contributed by atoms with Crippen LogP contribution in [0.25, 0.3) is 11.8 Å². The average molecular weight is 405 g/mol. The predicted octanol–water partition coefficient (Wildman–Crippen LogP) is 4.18. The molecule has 0 aliphatic rings. The fraction of sp³-hybridized carbons (Fsp3) is 0.250. The Morgan fingerprint density at radius 1 is 1.07 bits per heavy atom. The number of ether oxygens (including phenoxy) is 2. The zero-order valence-corrected chi connectivity index (χ0v) is 18.0. The first-order valence-corrected chi connectivity index (χ1v) is 9.70. The Balaban J connectivity index is 1.73. The number of amides is 1. The number of hydrogen-bond acceptors (Lipinski definition) is 4. The molecule has 0 fully saturated rings. The normalized spacial score (nSPS) is 11.0. The quantitative estimate of drug-likeness (QED) is 0.554. The van der Waals surface area contributed by atoms with E-state index in [1.807, 2.05) is 67.1 Å². The van der Waals surface area contributed by atoms with E-state index >= 15 is 0 Å². The minimum atomic E-state index is -0.0870. The number of nitrogens with zero attached hydrogens (tertiary/aromatic N) is 3. The van der Waals surface area contributed by atoms with E-state index in [-0.39, 0.29) is 5.91 Å².